The Balaban J connectivity index is 1.83. The summed E-state index contributed by atoms with van der Waals surface area (Å²) in [4.78, 5) is 29.0. The first-order valence-corrected chi connectivity index (χ1v) is 8.45. The van der Waals surface area contributed by atoms with Gasteiger partial charge in [-0.05, 0) is 55.5 Å². The zero-order chi connectivity index (χ0) is 19.4. The van der Waals surface area contributed by atoms with Gasteiger partial charge in [0, 0.05) is 28.2 Å². The lowest BCUT2D eigenvalue weighted by molar-refractivity contribution is -0.116. The number of nitrogens with one attached hydrogen (secondary N) is 2. The molecule has 2 N–H and O–H groups in total. The summed E-state index contributed by atoms with van der Waals surface area (Å²) in [6, 6.07) is 13.6. The van der Waals surface area contributed by atoms with Crippen LogP contribution in [0.5, 0.6) is 0 Å². The Kier molecular flexibility index (Phi) is 5.52. The van der Waals surface area contributed by atoms with Crippen molar-refractivity contribution in [3.8, 4) is 0 Å². The van der Waals surface area contributed by atoms with Crippen LogP contribution in [0.1, 0.15) is 5.69 Å². The number of aryl methyl sites for hydroxylation is 1. The number of benzene rings is 2. The van der Waals surface area contributed by atoms with E-state index in [-0.39, 0.29) is 23.9 Å². The molecule has 0 aliphatic heterocycles. The van der Waals surface area contributed by atoms with Crippen molar-refractivity contribution in [1.82, 2.24) is 9.55 Å². The van der Waals surface area contributed by atoms with E-state index in [1.54, 1.807) is 31.2 Å². The maximum Gasteiger partial charge on any atom is 0.255 e. The highest BCUT2D eigenvalue weighted by Gasteiger charge is 2.12. The van der Waals surface area contributed by atoms with Crippen LogP contribution in [0.4, 0.5) is 21.7 Å². The molecule has 0 spiro atoms. The molecule has 0 saturated heterocycles. The lowest BCUT2D eigenvalue weighted by Crippen LogP contribution is -2.30. The highest BCUT2D eigenvalue weighted by molar-refractivity contribution is 6.30. The van der Waals surface area contributed by atoms with Crippen LogP contribution in [0.3, 0.4) is 0 Å². The molecule has 0 atom stereocenters. The van der Waals surface area contributed by atoms with Gasteiger partial charge in [-0.25, -0.2) is 9.37 Å². The van der Waals surface area contributed by atoms with Crippen LogP contribution < -0.4 is 16.2 Å². The summed E-state index contributed by atoms with van der Waals surface area (Å²) in [5, 5.41) is 6.19. The van der Waals surface area contributed by atoms with E-state index in [0.717, 1.165) is 0 Å². The van der Waals surface area contributed by atoms with Gasteiger partial charge in [0.1, 0.15) is 12.4 Å². The second kappa shape index (κ2) is 8.01. The van der Waals surface area contributed by atoms with Crippen molar-refractivity contribution in [3.63, 3.8) is 0 Å². The monoisotopic (exact) mass is 386 g/mol. The number of halogens is 2. The van der Waals surface area contributed by atoms with E-state index in [1.165, 1.54) is 34.9 Å². The average Bonchev–Trinajstić information content (AvgIpc) is 2.62. The Bertz CT molecular complexity index is 1020. The zero-order valence-corrected chi connectivity index (χ0v) is 15.1. The Morgan fingerprint density at radius 3 is 2.41 bits per heavy atom. The highest BCUT2D eigenvalue weighted by Crippen LogP contribution is 2.16. The first-order valence-electron chi connectivity index (χ1n) is 8.07. The largest absolute Gasteiger partial charge is 0.326 e. The minimum Gasteiger partial charge on any atom is -0.326 e. The number of carbonyl (C=O) groups is 1. The van der Waals surface area contributed by atoms with Crippen molar-refractivity contribution in [2.75, 3.05) is 10.6 Å². The number of anilines is 3. The van der Waals surface area contributed by atoms with Gasteiger partial charge in [0.15, 0.2) is 0 Å². The van der Waals surface area contributed by atoms with E-state index >= 15 is 0 Å². The first-order chi connectivity index (χ1) is 12.9. The van der Waals surface area contributed by atoms with Gasteiger partial charge in [-0.2, -0.15) is 0 Å². The van der Waals surface area contributed by atoms with Crippen molar-refractivity contribution < 1.29 is 9.18 Å². The molecule has 0 bridgehead atoms. The van der Waals surface area contributed by atoms with E-state index in [2.05, 4.69) is 15.6 Å². The topological polar surface area (TPSA) is 76.0 Å². The lowest BCUT2D eigenvalue weighted by Gasteiger charge is -2.14. The Labute approximate surface area is 159 Å². The van der Waals surface area contributed by atoms with Crippen molar-refractivity contribution in [1.29, 1.82) is 0 Å². The van der Waals surface area contributed by atoms with Gasteiger partial charge in [0.25, 0.3) is 5.56 Å². The molecule has 0 saturated carbocycles. The van der Waals surface area contributed by atoms with Crippen LogP contribution in [0, 0.1) is 12.7 Å². The Hall–Kier alpha value is -3.19. The minimum absolute atomic E-state index is 0.192. The summed E-state index contributed by atoms with van der Waals surface area (Å²) in [5.41, 5.74) is 1.23. The zero-order valence-electron chi connectivity index (χ0n) is 14.4. The maximum atomic E-state index is 13.1. The average molecular weight is 387 g/mol. The number of hydrogen-bond donors (Lipinski definition) is 2. The SMILES string of the molecule is Cc1cc(=O)n(CC(=O)Nc2ccc(Cl)cc2)c(Nc2ccc(F)cc2)n1. The summed E-state index contributed by atoms with van der Waals surface area (Å²) in [6.07, 6.45) is 0. The number of amides is 1. The smallest absolute Gasteiger partial charge is 0.255 e. The number of nitrogens with zero attached hydrogens (tertiary/aromatic N) is 2. The van der Waals surface area contributed by atoms with Gasteiger partial charge in [-0.3, -0.25) is 14.2 Å². The Morgan fingerprint density at radius 2 is 1.74 bits per heavy atom. The number of hydrogen-bond acceptors (Lipinski definition) is 4. The summed E-state index contributed by atoms with van der Waals surface area (Å²) in [6.45, 7) is 1.44. The number of carbonyl (C=O) groups excluding carboxylic acids is 1. The van der Waals surface area contributed by atoms with Crippen LogP contribution in [-0.4, -0.2) is 15.5 Å². The third-order valence-electron chi connectivity index (χ3n) is 3.67. The van der Waals surface area contributed by atoms with Gasteiger partial charge < -0.3 is 10.6 Å². The molecule has 6 nitrogen and oxygen atoms in total. The fourth-order valence-corrected chi connectivity index (χ4v) is 2.53. The standard InChI is InChI=1S/C19H16ClFN4O2/c1-12-10-18(27)25(11-17(26)23-15-6-2-13(20)3-7-15)19(22-12)24-16-8-4-14(21)5-9-16/h2-10H,11H2,1H3,(H,22,24)(H,23,26). The molecule has 27 heavy (non-hydrogen) atoms. The van der Waals surface area contributed by atoms with Crippen molar-refractivity contribution >= 4 is 34.8 Å². The van der Waals surface area contributed by atoms with E-state index in [1.807, 2.05) is 0 Å². The molecule has 2 aromatic carbocycles. The van der Waals surface area contributed by atoms with Crippen molar-refractivity contribution in [2.24, 2.45) is 0 Å². The lowest BCUT2D eigenvalue weighted by atomic mass is 10.3. The predicted molar refractivity (Wildman–Crippen MR) is 103 cm³/mol. The van der Waals surface area contributed by atoms with Gasteiger partial charge in [0.05, 0.1) is 0 Å². The molecule has 1 heterocycles. The fraction of sp³-hybridized carbons (Fsp3) is 0.105. The molecule has 0 aliphatic carbocycles. The fourth-order valence-electron chi connectivity index (χ4n) is 2.41. The molecule has 0 radical (unpaired) electrons. The molecule has 138 valence electrons. The third kappa shape index (κ3) is 4.92. The van der Waals surface area contributed by atoms with E-state index < -0.39 is 5.91 Å². The summed E-state index contributed by atoms with van der Waals surface area (Å²) >= 11 is 5.82. The second-order valence-corrected chi connectivity index (χ2v) is 6.27. The number of rotatable bonds is 5. The molecule has 8 heteroatoms. The molecular formula is C19H16ClFN4O2. The van der Waals surface area contributed by atoms with E-state index in [0.29, 0.717) is 22.1 Å². The van der Waals surface area contributed by atoms with Crippen LogP contribution in [0.15, 0.2) is 59.4 Å². The quantitative estimate of drug-likeness (QED) is 0.700. The summed E-state index contributed by atoms with van der Waals surface area (Å²) < 4.78 is 14.3. The molecule has 0 fully saturated rings. The minimum atomic E-state index is -0.396. The second-order valence-electron chi connectivity index (χ2n) is 5.83. The predicted octanol–water partition coefficient (Wildman–Crippen LogP) is 3.73. The normalized spacial score (nSPS) is 10.5. The van der Waals surface area contributed by atoms with Crippen LogP contribution in [0.25, 0.3) is 0 Å². The van der Waals surface area contributed by atoms with Gasteiger partial charge >= 0.3 is 0 Å². The molecular weight excluding hydrogens is 371 g/mol. The molecule has 0 unspecified atom stereocenters. The van der Waals surface area contributed by atoms with Crippen molar-refractivity contribution in [3.05, 3.63) is 81.5 Å². The molecule has 0 aliphatic rings. The van der Waals surface area contributed by atoms with Crippen molar-refractivity contribution in [2.45, 2.75) is 13.5 Å². The molecule has 3 aromatic rings. The van der Waals surface area contributed by atoms with E-state index in [9.17, 15) is 14.0 Å². The van der Waals surface area contributed by atoms with Gasteiger partial charge in [-0.1, -0.05) is 11.6 Å². The molecule has 1 aromatic heterocycles. The van der Waals surface area contributed by atoms with Crippen LogP contribution in [0.2, 0.25) is 5.02 Å². The number of aromatic nitrogens is 2. The summed E-state index contributed by atoms with van der Waals surface area (Å²) in [5.74, 6) is -0.581. The molecule has 1 amide bonds. The van der Waals surface area contributed by atoms with Gasteiger partial charge in [-0.15, -0.1) is 0 Å². The summed E-state index contributed by atoms with van der Waals surface area (Å²) in [7, 11) is 0. The third-order valence-corrected chi connectivity index (χ3v) is 3.92. The van der Waals surface area contributed by atoms with E-state index in [4.69, 9.17) is 11.6 Å². The highest BCUT2D eigenvalue weighted by atomic mass is 35.5. The maximum absolute atomic E-state index is 13.1. The van der Waals surface area contributed by atoms with Crippen LogP contribution in [-0.2, 0) is 11.3 Å². The van der Waals surface area contributed by atoms with Gasteiger partial charge in [0.2, 0.25) is 11.9 Å². The first kappa shape index (κ1) is 18.6. The molecule has 3 rings (SSSR count). The Morgan fingerprint density at radius 1 is 1.11 bits per heavy atom. The van der Waals surface area contributed by atoms with Crippen LogP contribution >= 0.6 is 11.6 Å².